The summed E-state index contributed by atoms with van der Waals surface area (Å²) >= 11 is 0. The second-order valence-corrected chi connectivity index (χ2v) is 5.89. The molecule has 0 aromatic rings. The molecule has 2 N–H and O–H groups in total. The molecule has 0 radical (unpaired) electrons. The monoisotopic (exact) mass is 339 g/mol. The molecule has 0 spiro atoms. The van der Waals surface area contributed by atoms with Crippen LogP contribution in [-0.2, 0) is 14.3 Å². The summed E-state index contributed by atoms with van der Waals surface area (Å²) < 4.78 is 49.9. The number of piperazine rings is 1. The van der Waals surface area contributed by atoms with Gasteiger partial charge in [-0.25, -0.2) is 0 Å². The number of alkyl halides is 3. The van der Waals surface area contributed by atoms with E-state index in [9.17, 15) is 18.0 Å². The van der Waals surface area contributed by atoms with Gasteiger partial charge in [0.1, 0.15) is 12.6 Å². The third-order valence-electron chi connectivity index (χ3n) is 4.07. The fourth-order valence-corrected chi connectivity index (χ4v) is 2.74. The second-order valence-electron chi connectivity index (χ2n) is 5.89. The normalized spacial score (nSPS) is 24.6. The predicted octanol–water partition coefficient (Wildman–Crippen LogP) is -0.00820. The maximum absolute atomic E-state index is 13.2. The van der Waals surface area contributed by atoms with Gasteiger partial charge in [0.05, 0.1) is 13.2 Å². The maximum atomic E-state index is 13.2. The van der Waals surface area contributed by atoms with Crippen molar-refractivity contribution < 1.29 is 27.4 Å². The Morgan fingerprint density at radius 2 is 2.13 bits per heavy atom. The van der Waals surface area contributed by atoms with E-state index < -0.39 is 24.7 Å². The molecule has 134 valence electrons. The van der Waals surface area contributed by atoms with Crippen molar-refractivity contribution in [3.05, 3.63) is 0 Å². The molecule has 0 aliphatic carbocycles. The minimum Gasteiger partial charge on any atom is -0.381 e. The SMILES string of the molecule is O=C(COCC1CCOC1)NCC(N1CCNCC1)C(F)(F)F. The van der Waals surface area contributed by atoms with Crippen LogP contribution in [0.4, 0.5) is 13.2 Å². The highest BCUT2D eigenvalue weighted by molar-refractivity contribution is 5.77. The highest BCUT2D eigenvalue weighted by atomic mass is 19.4. The van der Waals surface area contributed by atoms with Crippen LogP contribution in [0.5, 0.6) is 0 Å². The number of hydrogen-bond acceptors (Lipinski definition) is 5. The van der Waals surface area contributed by atoms with Crippen LogP contribution in [0.25, 0.3) is 0 Å². The number of carbonyl (C=O) groups is 1. The Balaban J connectivity index is 1.70. The molecule has 2 atom stereocenters. The molecule has 2 heterocycles. The van der Waals surface area contributed by atoms with Crippen molar-refractivity contribution in [2.45, 2.75) is 18.6 Å². The first-order valence-electron chi connectivity index (χ1n) is 7.90. The summed E-state index contributed by atoms with van der Waals surface area (Å²) in [7, 11) is 0. The molecule has 2 fully saturated rings. The summed E-state index contributed by atoms with van der Waals surface area (Å²) in [6.45, 7) is 2.71. The molecule has 9 heteroatoms. The van der Waals surface area contributed by atoms with Crippen LogP contribution in [0, 0.1) is 5.92 Å². The quantitative estimate of drug-likeness (QED) is 0.683. The molecular formula is C14H24F3N3O3. The Hall–Kier alpha value is -0.900. The van der Waals surface area contributed by atoms with Crippen LogP contribution in [0.2, 0.25) is 0 Å². The van der Waals surface area contributed by atoms with E-state index in [1.807, 2.05) is 0 Å². The van der Waals surface area contributed by atoms with Gasteiger partial charge < -0.3 is 20.1 Å². The highest BCUT2D eigenvalue weighted by Crippen LogP contribution is 2.24. The molecule has 6 nitrogen and oxygen atoms in total. The fraction of sp³-hybridized carbons (Fsp3) is 0.929. The van der Waals surface area contributed by atoms with Crippen molar-refractivity contribution in [2.24, 2.45) is 5.92 Å². The zero-order chi connectivity index (χ0) is 16.7. The lowest BCUT2D eigenvalue weighted by Crippen LogP contribution is -2.57. The number of hydrogen-bond donors (Lipinski definition) is 2. The van der Waals surface area contributed by atoms with E-state index in [2.05, 4.69) is 10.6 Å². The average Bonchev–Trinajstić information content (AvgIpc) is 3.00. The van der Waals surface area contributed by atoms with E-state index in [1.54, 1.807) is 0 Å². The first kappa shape index (κ1) is 18.4. The van der Waals surface area contributed by atoms with E-state index in [0.717, 1.165) is 6.42 Å². The molecule has 0 saturated carbocycles. The molecule has 23 heavy (non-hydrogen) atoms. The summed E-state index contributed by atoms with van der Waals surface area (Å²) in [4.78, 5) is 13.0. The van der Waals surface area contributed by atoms with Crippen LogP contribution in [-0.4, -0.2) is 82.2 Å². The van der Waals surface area contributed by atoms with Crippen molar-refractivity contribution >= 4 is 5.91 Å². The van der Waals surface area contributed by atoms with Crippen molar-refractivity contribution in [1.29, 1.82) is 0 Å². The topological polar surface area (TPSA) is 62.8 Å². The summed E-state index contributed by atoms with van der Waals surface area (Å²) in [5.41, 5.74) is 0. The highest BCUT2D eigenvalue weighted by Gasteiger charge is 2.43. The Bertz CT molecular complexity index is 370. The Kier molecular flexibility index (Phi) is 7.07. The molecule has 2 saturated heterocycles. The number of nitrogens with one attached hydrogen (secondary N) is 2. The largest absolute Gasteiger partial charge is 0.405 e. The summed E-state index contributed by atoms with van der Waals surface area (Å²) in [5, 5.41) is 5.35. The van der Waals surface area contributed by atoms with Gasteiger partial charge in [0.15, 0.2) is 0 Å². The van der Waals surface area contributed by atoms with Crippen molar-refractivity contribution in [3.8, 4) is 0 Å². The number of nitrogens with zero attached hydrogens (tertiary/aromatic N) is 1. The number of amides is 1. The van der Waals surface area contributed by atoms with Gasteiger partial charge in [-0.15, -0.1) is 0 Å². The van der Waals surface area contributed by atoms with Gasteiger partial charge in [-0.1, -0.05) is 0 Å². The Morgan fingerprint density at radius 1 is 1.39 bits per heavy atom. The predicted molar refractivity (Wildman–Crippen MR) is 77.0 cm³/mol. The molecule has 0 aromatic carbocycles. The minimum absolute atomic E-state index is 0.220. The van der Waals surface area contributed by atoms with Crippen LogP contribution in [0.3, 0.4) is 0 Å². The summed E-state index contributed by atoms with van der Waals surface area (Å²) in [5.74, 6) is -0.250. The Labute approximate surface area is 133 Å². The van der Waals surface area contributed by atoms with Gasteiger partial charge in [0, 0.05) is 45.2 Å². The van der Waals surface area contributed by atoms with Crippen LogP contribution in [0.15, 0.2) is 0 Å². The van der Waals surface area contributed by atoms with Gasteiger partial charge in [-0.05, 0) is 6.42 Å². The van der Waals surface area contributed by atoms with Gasteiger partial charge in [0.2, 0.25) is 5.91 Å². The molecule has 2 unspecified atom stereocenters. The van der Waals surface area contributed by atoms with Crippen molar-refractivity contribution in [2.75, 3.05) is 59.2 Å². The smallest absolute Gasteiger partial charge is 0.381 e. The van der Waals surface area contributed by atoms with Crippen LogP contribution >= 0.6 is 0 Å². The molecule has 0 bridgehead atoms. The third kappa shape index (κ3) is 6.25. The zero-order valence-corrected chi connectivity index (χ0v) is 13.0. The Morgan fingerprint density at radius 3 is 2.74 bits per heavy atom. The maximum Gasteiger partial charge on any atom is 0.405 e. The number of ether oxygens (including phenoxy) is 2. The van der Waals surface area contributed by atoms with Crippen molar-refractivity contribution in [1.82, 2.24) is 15.5 Å². The molecular weight excluding hydrogens is 315 g/mol. The minimum atomic E-state index is -4.37. The van der Waals surface area contributed by atoms with Crippen LogP contribution < -0.4 is 10.6 Å². The lowest BCUT2D eigenvalue weighted by molar-refractivity contribution is -0.184. The molecule has 1 amide bonds. The number of rotatable bonds is 7. The lowest BCUT2D eigenvalue weighted by atomic mass is 10.1. The van der Waals surface area contributed by atoms with Gasteiger partial charge >= 0.3 is 6.18 Å². The zero-order valence-electron chi connectivity index (χ0n) is 13.0. The molecule has 2 aliphatic heterocycles. The second kappa shape index (κ2) is 8.81. The number of carbonyl (C=O) groups excluding carboxylic acids is 1. The van der Waals surface area contributed by atoms with Crippen LogP contribution in [0.1, 0.15) is 6.42 Å². The summed E-state index contributed by atoms with van der Waals surface area (Å²) in [6.07, 6.45) is -3.48. The molecule has 2 aliphatic rings. The van der Waals surface area contributed by atoms with E-state index in [-0.39, 0.29) is 12.5 Å². The number of halogens is 3. The van der Waals surface area contributed by atoms with Gasteiger partial charge in [0.25, 0.3) is 0 Å². The van der Waals surface area contributed by atoms with Gasteiger partial charge in [-0.3, -0.25) is 9.69 Å². The fourth-order valence-electron chi connectivity index (χ4n) is 2.74. The van der Waals surface area contributed by atoms with E-state index in [4.69, 9.17) is 9.47 Å². The van der Waals surface area contributed by atoms with E-state index in [1.165, 1.54) is 4.90 Å². The summed E-state index contributed by atoms with van der Waals surface area (Å²) in [6, 6.07) is -1.66. The average molecular weight is 339 g/mol. The lowest BCUT2D eigenvalue weighted by Gasteiger charge is -2.35. The molecule has 2 rings (SSSR count). The first-order valence-corrected chi connectivity index (χ1v) is 7.90. The third-order valence-corrected chi connectivity index (χ3v) is 4.07. The molecule has 0 aromatic heterocycles. The van der Waals surface area contributed by atoms with Gasteiger partial charge in [-0.2, -0.15) is 13.2 Å². The van der Waals surface area contributed by atoms with E-state index >= 15 is 0 Å². The first-order chi connectivity index (χ1) is 11.0. The van der Waals surface area contributed by atoms with E-state index in [0.29, 0.717) is 46.0 Å². The standard InChI is InChI=1S/C14H24F3N3O3/c15-14(16,17)12(20-4-2-18-3-5-20)7-19-13(21)10-23-9-11-1-6-22-8-11/h11-12,18H,1-10H2,(H,19,21). The van der Waals surface area contributed by atoms with Crippen molar-refractivity contribution in [3.63, 3.8) is 0 Å².